The molecule has 1 aromatic rings. The van der Waals surface area contributed by atoms with Crippen molar-refractivity contribution in [3.05, 3.63) is 17.8 Å². The summed E-state index contributed by atoms with van der Waals surface area (Å²) in [7, 11) is -2.85. The first-order valence-corrected chi connectivity index (χ1v) is 7.61. The van der Waals surface area contributed by atoms with Gasteiger partial charge in [-0.05, 0) is 12.8 Å². The molecule has 0 aliphatic carbocycles. The normalized spacial score (nSPS) is 22.5. The van der Waals surface area contributed by atoms with E-state index in [1.54, 1.807) is 6.20 Å². The Morgan fingerprint density at radius 3 is 2.76 bits per heavy atom. The van der Waals surface area contributed by atoms with E-state index in [2.05, 4.69) is 4.98 Å². The van der Waals surface area contributed by atoms with Gasteiger partial charge in [-0.25, -0.2) is 13.4 Å². The summed E-state index contributed by atoms with van der Waals surface area (Å²) in [6, 6.07) is 0. The number of aromatic nitrogens is 1. The summed E-state index contributed by atoms with van der Waals surface area (Å²) in [6.07, 6.45) is 2.78. The molecule has 1 atom stereocenters. The lowest BCUT2D eigenvalue weighted by molar-refractivity contribution is 0.253. The number of rotatable bonds is 3. The number of hydrogen-bond donors (Lipinski definition) is 1. The van der Waals surface area contributed by atoms with Crippen molar-refractivity contribution < 1.29 is 17.9 Å². The molecular formula is C11H17NO4S. The van der Waals surface area contributed by atoms with Gasteiger partial charge < -0.3 is 9.52 Å². The van der Waals surface area contributed by atoms with Crippen LogP contribution in [0, 0.1) is 0 Å². The highest BCUT2D eigenvalue weighted by Crippen LogP contribution is 2.30. The maximum absolute atomic E-state index is 11.3. The number of hydrogen-bond acceptors (Lipinski definition) is 5. The van der Waals surface area contributed by atoms with Gasteiger partial charge in [-0.15, -0.1) is 0 Å². The van der Waals surface area contributed by atoms with Gasteiger partial charge >= 0.3 is 0 Å². The van der Waals surface area contributed by atoms with Crippen LogP contribution in [0.2, 0.25) is 0 Å². The van der Waals surface area contributed by atoms with Crippen molar-refractivity contribution in [3.8, 4) is 0 Å². The van der Waals surface area contributed by atoms with Crippen molar-refractivity contribution in [1.82, 2.24) is 4.98 Å². The summed E-state index contributed by atoms with van der Waals surface area (Å²) in [6.45, 7) is 1.88. The lowest BCUT2D eigenvalue weighted by Crippen LogP contribution is -2.22. The molecule has 2 heterocycles. The summed E-state index contributed by atoms with van der Waals surface area (Å²) >= 11 is 0. The van der Waals surface area contributed by atoms with E-state index in [1.807, 2.05) is 6.92 Å². The molecule has 0 bridgehead atoms. The van der Waals surface area contributed by atoms with Gasteiger partial charge in [-0.3, -0.25) is 0 Å². The fourth-order valence-corrected chi connectivity index (χ4v) is 3.44. The highest BCUT2D eigenvalue weighted by molar-refractivity contribution is 7.91. The summed E-state index contributed by atoms with van der Waals surface area (Å²) in [5.41, 5.74) is 0. The predicted octanol–water partition coefficient (Wildman–Crippen LogP) is 1.06. The quantitative estimate of drug-likeness (QED) is 0.878. The molecule has 0 saturated carbocycles. The number of sulfone groups is 1. The van der Waals surface area contributed by atoms with Crippen LogP contribution in [0.15, 0.2) is 10.6 Å². The van der Waals surface area contributed by atoms with Crippen LogP contribution in [-0.4, -0.2) is 36.6 Å². The second-order valence-electron chi connectivity index (χ2n) is 4.61. The lowest BCUT2D eigenvalue weighted by atomic mass is 10.0. The van der Waals surface area contributed by atoms with E-state index < -0.39 is 9.84 Å². The minimum atomic E-state index is -2.85. The largest absolute Gasteiger partial charge is 0.445 e. The van der Waals surface area contributed by atoms with Gasteiger partial charge in [0.15, 0.2) is 5.89 Å². The highest BCUT2D eigenvalue weighted by Gasteiger charge is 2.28. The number of aliphatic hydroxyl groups excluding tert-OH is 1. The van der Waals surface area contributed by atoms with Crippen LogP contribution in [0.4, 0.5) is 0 Å². The van der Waals surface area contributed by atoms with Crippen LogP contribution in [0.5, 0.6) is 0 Å². The maximum Gasteiger partial charge on any atom is 0.197 e. The third-order valence-electron chi connectivity index (χ3n) is 3.20. The monoisotopic (exact) mass is 259 g/mol. The Morgan fingerprint density at radius 2 is 2.18 bits per heavy atom. The minimum absolute atomic E-state index is 0.0215. The van der Waals surface area contributed by atoms with Crippen molar-refractivity contribution in [2.24, 2.45) is 0 Å². The highest BCUT2D eigenvalue weighted by atomic mass is 32.2. The summed E-state index contributed by atoms with van der Waals surface area (Å²) < 4.78 is 28.2. The molecule has 1 aliphatic rings. The lowest BCUT2D eigenvalue weighted by Gasteiger charge is -2.18. The molecule has 1 unspecified atom stereocenters. The predicted molar refractivity (Wildman–Crippen MR) is 62.6 cm³/mol. The molecule has 1 fully saturated rings. The standard InChI is InChI=1S/C11H17NO4S/c1-8(7-13)10-6-12-11(16-10)9-2-4-17(14,15)5-3-9/h6,8-9,13H,2-5,7H2,1H3. The van der Waals surface area contributed by atoms with Crippen LogP contribution in [0.1, 0.15) is 43.3 Å². The zero-order valence-corrected chi connectivity index (χ0v) is 10.6. The Balaban J connectivity index is 2.06. The Bertz CT molecular complexity index is 465. The van der Waals surface area contributed by atoms with Gasteiger partial charge in [-0.1, -0.05) is 6.92 Å². The van der Waals surface area contributed by atoms with Crippen molar-refractivity contribution in [1.29, 1.82) is 0 Å². The molecule has 0 spiro atoms. The average Bonchev–Trinajstić information content (AvgIpc) is 2.77. The van der Waals surface area contributed by atoms with Crippen LogP contribution in [0.25, 0.3) is 0 Å². The molecule has 0 radical (unpaired) electrons. The molecule has 1 aliphatic heterocycles. The molecular weight excluding hydrogens is 242 g/mol. The molecule has 1 aromatic heterocycles. The maximum atomic E-state index is 11.3. The van der Waals surface area contributed by atoms with Crippen LogP contribution < -0.4 is 0 Å². The van der Waals surface area contributed by atoms with Gasteiger partial charge in [0.25, 0.3) is 0 Å². The molecule has 6 heteroatoms. The van der Waals surface area contributed by atoms with Gasteiger partial charge in [0.2, 0.25) is 0 Å². The third kappa shape index (κ3) is 2.87. The Morgan fingerprint density at radius 1 is 1.53 bits per heavy atom. The summed E-state index contributed by atoms with van der Waals surface area (Å²) in [4.78, 5) is 4.18. The minimum Gasteiger partial charge on any atom is -0.445 e. The zero-order chi connectivity index (χ0) is 12.5. The number of oxazole rings is 1. The summed E-state index contributed by atoms with van der Waals surface area (Å²) in [5, 5.41) is 9.01. The van der Waals surface area contributed by atoms with Crippen LogP contribution in [0.3, 0.4) is 0 Å². The van der Waals surface area contributed by atoms with Gasteiger partial charge in [0, 0.05) is 11.8 Å². The van der Waals surface area contributed by atoms with Crippen molar-refractivity contribution in [2.75, 3.05) is 18.1 Å². The average molecular weight is 259 g/mol. The van der Waals surface area contributed by atoms with E-state index in [0.29, 0.717) is 24.5 Å². The van der Waals surface area contributed by atoms with E-state index in [1.165, 1.54) is 0 Å². The smallest absolute Gasteiger partial charge is 0.197 e. The molecule has 0 amide bonds. The van der Waals surface area contributed by atoms with Crippen molar-refractivity contribution in [2.45, 2.75) is 31.6 Å². The van der Waals surface area contributed by atoms with Crippen molar-refractivity contribution in [3.63, 3.8) is 0 Å². The molecule has 2 rings (SSSR count). The summed E-state index contributed by atoms with van der Waals surface area (Å²) in [5.74, 6) is 1.73. The SMILES string of the molecule is CC(CO)c1cnc(C2CCS(=O)(=O)CC2)o1. The fourth-order valence-electron chi connectivity index (χ4n) is 1.94. The molecule has 1 saturated heterocycles. The van der Waals surface area contributed by atoms with E-state index >= 15 is 0 Å². The zero-order valence-electron chi connectivity index (χ0n) is 9.80. The fraction of sp³-hybridized carbons (Fsp3) is 0.727. The van der Waals surface area contributed by atoms with Gasteiger partial charge in [-0.2, -0.15) is 0 Å². The topological polar surface area (TPSA) is 80.4 Å². The first-order valence-electron chi connectivity index (χ1n) is 5.79. The Hall–Kier alpha value is -0.880. The van der Waals surface area contributed by atoms with E-state index in [0.717, 1.165) is 0 Å². The van der Waals surface area contributed by atoms with E-state index in [4.69, 9.17) is 9.52 Å². The van der Waals surface area contributed by atoms with Crippen LogP contribution >= 0.6 is 0 Å². The van der Waals surface area contributed by atoms with Crippen LogP contribution in [-0.2, 0) is 9.84 Å². The molecule has 5 nitrogen and oxygen atoms in total. The van der Waals surface area contributed by atoms with Gasteiger partial charge in [0.05, 0.1) is 24.3 Å². The number of aliphatic hydroxyl groups is 1. The molecule has 0 aromatic carbocycles. The second kappa shape index (κ2) is 4.78. The first kappa shape index (κ1) is 12.6. The molecule has 1 N–H and O–H groups in total. The van der Waals surface area contributed by atoms with Gasteiger partial charge in [0.1, 0.15) is 15.6 Å². The Labute approximate surface area is 101 Å². The molecule has 96 valence electrons. The third-order valence-corrected chi connectivity index (χ3v) is 4.92. The Kier molecular flexibility index (Phi) is 3.53. The van der Waals surface area contributed by atoms with E-state index in [-0.39, 0.29) is 29.9 Å². The second-order valence-corrected chi connectivity index (χ2v) is 6.91. The van der Waals surface area contributed by atoms with E-state index in [9.17, 15) is 8.42 Å². The molecule has 17 heavy (non-hydrogen) atoms. The number of nitrogens with zero attached hydrogens (tertiary/aromatic N) is 1. The van der Waals surface area contributed by atoms with Crippen molar-refractivity contribution >= 4 is 9.84 Å². The first-order chi connectivity index (χ1) is 8.02.